The molecule has 3 heterocycles. The van der Waals surface area contributed by atoms with Gasteiger partial charge in [-0.1, -0.05) is 25.4 Å². The lowest BCUT2D eigenvalue weighted by molar-refractivity contribution is -0.137. The minimum absolute atomic E-state index is 0.0578. The number of rotatable bonds is 7. The molecule has 0 aliphatic carbocycles. The fourth-order valence-electron chi connectivity index (χ4n) is 2.90. The Morgan fingerprint density at radius 1 is 1.06 bits per heavy atom. The first kappa shape index (κ1) is 24.4. The molecule has 0 atom stereocenters. The van der Waals surface area contributed by atoms with E-state index >= 15 is 0 Å². The number of nitrogens with zero attached hydrogens (tertiary/aromatic N) is 3. The van der Waals surface area contributed by atoms with Crippen LogP contribution in [0.5, 0.6) is 0 Å². The van der Waals surface area contributed by atoms with Gasteiger partial charge in [-0.25, -0.2) is 15.0 Å². The lowest BCUT2D eigenvalue weighted by Gasteiger charge is -2.23. The predicted octanol–water partition coefficient (Wildman–Crippen LogP) is 5.10. The van der Waals surface area contributed by atoms with E-state index in [1.165, 1.54) is 30.6 Å². The SMILES string of the molecule is CC(C)(CO)Cc1cc(Cl)ncc1NC(=O)c1ccnc(Nc2ccc(C(F)(F)F)cn2)c1. The van der Waals surface area contributed by atoms with Crippen LogP contribution in [0.15, 0.2) is 48.9 Å². The summed E-state index contributed by atoms with van der Waals surface area (Å²) in [6.45, 7) is 3.70. The Kier molecular flexibility index (Phi) is 7.19. The topological polar surface area (TPSA) is 100 Å². The van der Waals surface area contributed by atoms with Crippen LogP contribution in [0.4, 0.5) is 30.5 Å². The smallest absolute Gasteiger partial charge is 0.396 e. The second-order valence-electron chi connectivity index (χ2n) is 8.10. The number of aliphatic hydroxyl groups excluding tert-OH is 1. The molecular formula is C22H21ClF3N5O2. The molecule has 33 heavy (non-hydrogen) atoms. The number of amides is 1. The van der Waals surface area contributed by atoms with Crippen molar-refractivity contribution in [2.45, 2.75) is 26.4 Å². The number of halogens is 4. The van der Waals surface area contributed by atoms with Crippen LogP contribution in [0.3, 0.4) is 0 Å². The number of nitrogens with one attached hydrogen (secondary N) is 2. The van der Waals surface area contributed by atoms with Crippen LogP contribution in [0.25, 0.3) is 0 Å². The number of anilines is 3. The molecule has 0 fully saturated rings. The molecule has 0 spiro atoms. The summed E-state index contributed by atoms with van der Waals surface area (Å²) in [6.07, 6.45) is -0.498. The molecule has 3 aromatic heterocycles. The second kappa shape index (κ2) is 9.72. The van der Waals surface area contributed by atoms with Gasteiger partial charge in [-0.15, -0.1) is 0 Å². The number of aromatic nitrogens is 3. The number of carbonyl (C=O) groups is 1. The van der Waals surface area contributed by atoms with Crippen LogP contribution in [-0.4, -0.2) is 32.6 Å². The van der Waals surface area contributed by atoms with Gasteiger partial charge in [0.25, 0.3) is 5.91 Å². The highest BCUT2D eigenvalue weighted by Crippen LogP contribution is 2.30. The van der Waals surface area contributed by atoms with Gasteiger partial charge in [-0.2, -0.15) is 13.2 Å². The Hall–Kier alpha value is -3.24. The third-order valence-electron chi connectivity index (χ3n) is 4.67. The lowest BCUT2D eigenvalue weighted by Crippen LogP contribution is -2.22. The zero-order valence-corrected chi connectivity index (χ0v) is 18.5. The number of carbonyl (C=O) groups excluding carboxylic acids is 1. The highest BCUT2D eigenvalue weighted by atomic mass is 35.5. The first-order valence-electron chi connectivity index (χ1n) is 9.80. The summed E-state index contributed by atoms with van der Waals surface area (Å²) >= 11 is 6.00. The normalized spacial score (nSPS) is 11.8. The van der Waals surface area contributed by atoms with Crippen LogP contribution >= 0.6 is 11.6 Å². The summed E-state index contributed by atoms with van der Waals surface area (Å²) in [5, 5.41) is 15.4. The van der Waals surface area contributed by atoms with Gasteiger partial charge in [0, 0.05) is 24.6 Å². The second-order valence-corrected chi connectivity index (χ2v) is 8.49. The average molecular weight is 480 g/mol. The van der Waals surface area contributed by atoms with Crippen LogP contribution in [0, 0.1) is 5.41 Å². The Labute approximate surface area is 193 Å². The fraction of sp³-hybridized carbons (Fsp3) is 0.273. The van der Waals surface area contributed by atoms with Crippen molar-refractivity contribution in [2.75, 3.05) is 17.2 Å². The summed E-state index contributed by atoms with van der Waals surface area (Å²) < 4.78 is 38.1. The van der Waals surface area contributed by atoms with Gasteiger partial charge in [0.15, 0.2) is 0 Å². The summed E-state index contributed by atoms with van der Waals surface area (Å²) in [7, 11) is 0. The molecule has 3 N–H and O–H groups in total. The molecule has 0 aliphatic rings. The van der Waals surface area contributed by atoms with Crippen molar-refractivity contribution in [1.29, 1.82) is 0 Å². The van der Waals surface area contributed by atoms with Crippen molar-refractivity contribution in [3.05, 3.63) is 70.8 Å². The number of pyridine rings is 3. The third-order valence-corrected chi connectivity index (χ3v) is 4.88. The summed E-state index contributed by atoms with van der Waals surface area (Å²) in [5.41, 5.74) is 0.102. The maximum atomic E-state index is 12.8. The molecule has 0 unspecified atom stereocenters. The third kappa shape index (κ3) is 6.62. The molecule has 0 saturated carbocycles. The van der Waals surface area contributed by atoms with Gasteiger partial charge >= 0.3 is 6.18 Å². The van der Waals surface area contributed by atoms with E-state index in [9.17, 15) is 23.1 Å². The lowest BCUT2D eigenvalue weighted by atomic mass is 9.86. The summed E-state index contributed by atoms with van der Waals surface area (Å²) in [4.78, 5) is 24.6. The molecule has 0 aliphatic heterocycles. The van der Waals surface area contributed by atoms with Gasteiger partial charge in [0.05, 0.1) is 17.4 Å². The molecule has 0 radical (unpaired) electrons. The van der Waals surface area contributed by atoms with Gasteiger partial charge < -0.3 is 15.7 Å². The Morgan fingerprint density at radius 2 is 1.82 bits per heavy atom. The Bertz CT molecular complexity index is 1140. The summed E-state index contributed by atoms with van der Waals surface area (Å²) in [6, 6.07) is 6.63. The minimum atomic E-state index is -4.48. The van der Waals surface area contributed by atoms with E-state index in [4.69, 9.17) is 11.6 Å². The number of hydrogen-bond acceptors (Lipinski definition) is 6. The van der Waals surface area contributed by atoms with Crippen LogP contribution in [0.1, 0.15) is 35.3 Å². The molecule has 3 aromatic rings. The molecule has 11 heteroatoms. The number of aliphatic hydroxyl groups is 1. The Balaban J connectivity index is 1.77. The van der Waals surface area contributed by atoms with E-state index in [2.05, 4.69) is 25.6 Å². The maximum Gasteiger partial charge on any atom is 0.417 e. The molecule has 7 nitrogen and oxygen atoms in total. The zero-order chi connectivity index (χ0) is 24.2. The van der Waals surface area contributed by atoms with Crippen molar-refractivity contribution in [3.63, 3.8) is 0 Å². The average Bonchev–Trinajstić information content (AvgIpc) is 2.75. The van der Waals surface area contributed by atoms with Gasteiger partial charge in [0.2, 0.25) is 0 Å². The molecule has 3 rings (SSSR count). The largest absolute Gasteiger partial charge is 0.417 e. The van der Waals surface area contributed by atoms with E-state index in [1.807, 2.05) is 13.8 Å². The molecule has 0 aromatic carbocycles. The van der Waals surface area contributed by atoms with Crippen molar-refractivity contribution in [1.82, 2.24) is 15.0 Å². The van der Waals surface area contributed by atoms with Crippen molar-refractivity contribution in [3.8, 4) is 0 Å². The van der Waals surface area contributed by atoms with E-state index in [0.29, 0.717) is 23.9 Å². The van der Waals surface area contributed by atoms with E-state index < -0.39 is 23.1 Å². The van der Waals surface area contributed by atoms with E-state index in [-0.39, 0.29) is 29.0 Å². The van der Waals surface area contributed by atoms with Crippen LogP contribution in [-0.2, 0) is 12.6 Å². The molecule has 0 saturated heterocycles. The number of hydrogen-bond donors (Lipinski definition) is 3. The van der Waals surface area contributed by atoms with Crippen molar-refractivity contribution in [2.24, 2.45) is 5.41 Å². The maximum absolute atomic E-state index is 12.8. The zero-order valence-electron chi connectivity index (χ0n) is 17.7. The first-order chi connectivity index (χ1) is 15.5. The van der Waals surface area contributed by atoms with E-state index in [0.717, 1.165) is 6.07 Å². The standard InChI is InChI=1S/C22H21ClF3N5O2/c1-21(2,12-32)9-14-7-17(23)28-11-16(14)30-20(33)13-5-6-27-19(8-13)31-18-4-3-15(10-29-18)22(24,25)26/h3-8,10-11,32H,9,12H2,1-2H3,(H,30,33)(H,27,29,31). The highest BCUT2D eigenvalue weighted by molar-refractivity contribution is 6.29. The molecule has 174 valence electrons. The Morgan fingerprint density at radius 3 is 2.45 bits per heavy atom. The van der Waals surface area contributed by atoms with Crippen LogP contribution in [0.2, 0.25) is 5.15 Å². The van der Waals surface area contributed by atoms with E-state index in [1.54, 1.807) is 6.07 Å². The van der Waals surface area contributed by atoms with Gasteiger partial charge in [-0.3, -0.25) is 4.79 Å². The first-order valence-corrected chi connectivity index (χ1v) is 10.2. The predicted molar refractivity (Wildman–Crippen MR) is 119 cm³/mol. The van der Waals surface area contributed by atoms with Gasteiger partial charge in [0.1, 0.15) is 16.8 Å². The fourth-order valence-corrected chi connectivity index (χ4v) is 3.08. The molecule has 1 amide bonds. The quantitative estimate of drug-likeness (QED) is 0.408. The van der Waals surface area contributed by atoms with Crippen molar-refractivity contribution < 1.29 is 23.1 Å². The minimum Gasteiger partial charge on any atom is -0.396 e. The van der Waals surface area contributed by atoms with Crippen LogP contribution < -0.4 is 10.6 Å². The molecular weight excluding hydrogens is 459 g/mol. The monoisotopic (exact) mass is 479 g/mol. The number of alkyl halides is 3. The molecule has 0 bridgehead atoms. The van der Waals surface area contributed by atoms with Crippen molar-refractivity contribution >= 4 is 34.8 Å². The highest BCUT2D eigenvalue weighted by Gasteiger charge is 2.30. The summed E-state index contributed by atoms with van der Waals surface area (Å²) in [5.74, 6) is -0.0812. The van der Waals surface area contributed by atoms with Gasteiger partial charge in [-0.05, 0) is 47.7 Å².